The lowest BCUT2D eigenvalue weighted by molar-refractivity contribution is -0.138. The first-order chi connectivity index (χ1) is 9.82. The van der Waals surface area contributed by atoms with E-state index in [9.17, 15) is 9.59 Å². The van der Waals surface area contributed by atoms with Crippen LogP contribution in [0.3, 0.4) is 0 Å². The Labute approximate surface area is 124 Å². The van der Waals surface area contributed by atoms with E-state index in [1.807, 2.05) is 31.2 Å². The van der Waals surface area contributed by atoms with Crippen molar-refractivity contribution in [3.63, 3.8) is 0 Å². The molecule has 0 radical (unpaired) electrons. The lowest BCUT2D eigenvalue weighted by Crippen LogP contribution is -2.44. The van der Waals surface area contributed by atoms with Crippen LogP contribution >= 0.6 is 0 Å². The third-order valence-corrected chi connectivity index (χ3v) is 2.67. The maximum atomic E-state index is 11.8. The fourth-order valence-corrected chi connectivity index (χ4v) is 1.81. The monoisotopic (exact) mass is 291 g/mol. The largest absolute Gasteiger partial charge is 0.494 e. The molecule has 5 heteroatoms. The predicted octanol–water partition coefficient (Wildman–Crippen LogP) is 2.47. The summed E-state index contributed by atoms with van der Waals surface area (Å²) in [6, 6.07) is 7.35. The molecule has 0 bridgehead atoms. The lowest BCUT2D eigenvalue weighted by Gasteiger charge is -2.23. The van der Waals surface area contributed by atoms with Crippen LogP contribution in [0.2, 0.25) is 0 Å². The van der Waals surface area contributed by atoms with Crippen LogP contribution in [-0.4, -0.2) is 29.1 Å². The maximum absolute atomic E-state index is 11.8. The molecule has 114 valence electrons. The van der Waals surface area contributed by atoms with Crippen molar-refractivity contribution in [2.45, 2.75) is 32.7 Å². The summed E-state index contributed by atoms with van der Waals surface area (Å²) in [5.41, 5.74) is 0.0798. The van der Waals surface area contributed by atoms with Crippen LogP contribution in [0, 0.1) is 0 Å². The van der Waals surface area contributed by atoms with Crippen molar-refractivity contribution in [1.82, 2.24) is 5.32 Å². The molecule has 21 heavy (non-hydrogen) atoms. The van der Waals surface area contributed by atoms with Crippen molar-refractivity contribution >= 4 is 18.0 Å². The molecule has 0 aromatic heterocycles. The van der Waals surface area contributed by atoms with Crippen LogP contribution in [-0.2, 0) is 9.59 Å². The zero-order valence-electron chi connectivity index (χ0n) is 12.6. The summed E-state index contributed by atoms with van der Waals surface area (Å²) in [5, 5.41) is 11.4. The number of carbonyl (C=O) groups excluding carboxylic acids is 1. The van der Waals surface area contributed by atoms with Gasteiger partial charge in [-0.25, -0.2) is 0 Å². The number of hydrogen-bond donors (Lipinski definition) is 2. The van der Waals surface area contributed by atoms with Crippen molar-refractivity contribution in [2.24, 2.45) is 0 Å². The summed E-state index contributed by atoms with van der Waals surface area (Å²) in [5.74, 6) is -0.493. The van der Waals surface area contributed by atoms with E-state index >= 15 is 0 Å². The predicted molar refractivity (Wildman–Crippen MR) is 81.1 cm³/mol. The van der Waals surface area contributed by atoms with Gasteiger partial charge in [0.05, 0.1) is 13.0 Å². The molecular weight excluding hydrogens is 270 g/mol. The van der Waals surface area contributed by atoms with E-state index in [4.69, 9.17) is 9.84 Å². The van der Waals surface area contributed by atoms with Crippen molar-refractivity contribution in [2.75, 3.05) is 6.61 Å². The number of benzene rings is 1. The number of hydrogen-bond acceptors (Lipinski definition) is 3. The summed E-state index contributed by atoms with van der Waals surface area (Å²) in [6.07, 6.45) is 2.93. The van der Waals surface area contributed by atoms with Gasteiger partial charge in [0.2, 0.25) is 5.91 Å². The highest BCUT2D eigenvalue weighted by molar-refractivity contribution is 5.92. The molecular formula is C16H21NO4. The summed E-state index contributed by atoms with van der Waals surface area (Å²) >= 11 is 0. The molecule has 0 aliphatic carbocycles. The van der Waals surface area contributed by atoms with Gasteiger partial charge in [-0.1, -0.05) is 12.1 Å². The van der Waals surface area contributed by atoms with E-state index in [1.165, 1.54) is 6.08 Å². The summed E-state index contributed by atoms with van der Waals surface area (Å²) in [7, 11) is 0. The number of carboxylic acid groups (broad SMARTS) is 1. The second-order valence-electron chi connectivity index (χ2n) is 5.28. The molecule has 0 aliphatic heterocycles. The Kier molecular flexibility index (Phi) is 5.96. The molecule has 0 heterocycles. The molecule has 0 spiro atoms. The zero-order valence-corrected chi connectivity index (χ0v) is 12.6. The van der Waals surface area contributed by atoms with Gasteiger partial charge in [0.1, 0.15) is 5.75 Å². The van der Waals surface area contributed by atoms with Gasteiger partial charge in [-0.15, -0.1) is 0 Å². The average Bonchev–Trinajstić information content (AvgIpc) is 2.36. The zero-order chi connectivity index (χ0) is 15.9. The normalized spacial score (nSPS) is 11.4. The number of rotatable bonds is 7. The standard InChI is InChI=1S/C16H21NO4/c1-4-21-13-8-5-12(6-9-13)7-10-14(18)17-16(2,3)11-15(19)20/h5-10H,4,11H2,1-3H3,(H,17,18)(H,19,20). The Balaban J connectivity index is 2.59. The van der Waals surface area contributed by atoms with Crippen molar-refractivity contribution in [3.8, 4) is 5.75 Å². The highest BCUT2D eigenvalue weighted by atomic mass is 16.5. The third kappa shape index (κ3) is 6.61. The van der Waals surface area contributed by atoms with Crippen LogP contribution in [0.15, 0.2) is 30.3 Å². The summed E-state index contributed by atoms with van der Waals surface area (Å²) in [6.45, 7) is 5.86. The quantitative estimate of drug-likeness (QED) is 0.757. The Morgan fingerprint density at radius 2 is 1.90 bits per heavy atom. The van der Waals surface area contributed by atoms with Gasteiger partial charge >= 0.3 is 5.97 Å². The molecule has 1 aromatic carbocycles. The molecule has 0 saturated carbocycles. The van der Waals surface area contributed by atoms with Crippen LogP contribution in [0.1, 0.15) is 32.8 Å². The van der Waals surface area contributed by atoms with Gasteiger partial charge in [-0.05, 0) is 44.5 Å². The molecule has 2 N–H and O–H groups in total. The van der Waals surface area contributed by atoms with Gasteiger partial charge in [0.25, 0.3) is 0 Å². The van der Waals surface area contributed by atoms with E-state index < -0.39 is 11.5 Å². The van der Waals surface area contributed by atoms with Crippen LogP contribution < -0.4 is 10.1 Å². The highest BCUT2D eigenvalue weighted by Gasteiger charge is 2.22. The first-order valence-electron chi connectivity index (χ1n) is 6.77. The van der Waals surface area contributed by atoms with Crippen LogP contribution in [0.25, 0.3) is 6.08 Å². The Morgan fingerprint density at radius 1 is 1.29 bits per heavy atom. The molecule has 1 aromatic rings. The fourth-order valence-electron chi connectivity index (χ4n) is 1.81. The molecule has 0 atom stereocenters. The van der Waals surface area contributed by atoms with Crippen molar-refractivity contribution in [3.05, 3.63) is 35.9 Å². The molecule has 1 amide bonds. The van der Waals surface area contributed by atoms with Gasteiger partial charge in [0.15, 0.2) is 0 Å². The first-order valence-corrected chi connectivity index (χ1v) is 6.77. The lowest BCUT2D eigenvalue weighted by atomic mass is 10.0. The molecule has 0 saturated heterocycles. The van der Waals surface area contributed by atoms with Crippen molar-refractivity contribution < 1.29 is 19.4 Å². The second-order valence-corrected chi connectivity index (χ2v) is 5.28. The molecule has 5 nitrogen and oxygen atoms in total. The number of carboxylic acids is 1. The van der Waals surface area contributed by atoms with Crippen LogP contribution in [0.4, 0.5) is 0 Å². The summed E-state index contributed by atoms with van der Waals surface area (Å²) in [4.78, 5) is 22.4. The minimum Gasteiger partial charge on any atom is -0.494 e. The van der Waals surface area contributed by atoms with E-state index in [-0.39, 0.29) is 12.3 Å². The molecule has 0 aliphatic rings. The SMILES string of the molecule is CCOc1ccc(C=CC(=O)NC(C)(C)CC(=O)O)cc1. The molecule has 0 fully saturated rings. The van der Waals surface area contributed by atoms with Crippen molar-refractivity contribution in [1.29, 1.82) is 0 Å². The topological polar surface area (TPSA) is 75.6 Å². The number of carbonyl (C=O) groups is 2. The summed E-state index contributed by atoms with van der Waals surface area (Å²) < 4.78 is 5.33. The number of ether oxygens (including phenoxy) is 1. The number of aliphatic carboxylic acids is 1. The fraction of sp³-hybridized carbons (Fsp3) is 0.375. The Bertz CT molecular complexity index is 518. The average molecular weight is 291 g/mol. The minimum atomic E-state index is -0.948. The number of nitrogens with one attached hydrogen (secondary N) is 1. The Morgan fingerprint density at radius 3 is 2.43 bits per heavy atom. The van der Waals surface area contributed by atoms with E-state index in [0.29, 0.717) is 6.61 Å². The molecule has 1 rings (SSSR count). The van der Waals surface area contributed by atoms with E-state index in [2.05, 4.69) is 5.32 Å². The van der Waals surface area contributed by atoms with Gasteiger partial charge in [-0.3, -0.25) is 9.59 Å². The van der Waals surface area contributed by atoms with Crippen LogP contribution in [0.5, 0.6) is 5.75 Å². The van der Waals surface area contributed by atoms with Gasteiger partial charge in [0, 0.05) is 11.6 Å². The van der Waals surface area contributed by atoms with E-state index in [1.54, 1.807) is 19.9 Å². The third-order valence-electron chi connectivity index (χ3n) is 2.67. The van der Waals surface area contributed by atoms with E-state index in [0.717, 1.165) is 11.3 Å². The van der Waals surface area contributed by atoms with Gasteiger partial charge in [-0.2, -0.15) is 0 Å². The minimum absolute atomic E-state index is 0.129. The Hall–Kier alpha value is -2.30. The number of amides is 1. The van der Waals surface area contributed by atoms with Gasteiger partial charge < -0.3 is 15.2 Å². The molecule has 0 unspecified atom stereocenters. The smallest absolute Gasteiger partial charge is 0.305 e. The first kappa shape index (κ1) is 16.8. The highest BCUT2D eigenvalue weighted by Crippen LogP contribution is 2.13. The maximum Gasteiger partial charge on any atom is 0.305 e. The second kappa shape index (κ2) is 7.47.